The summed E-state index contributed by atoms with van der Waals surface area (Å²) in [6.07, 6.45) is 1.56. The molecule has 3 rings (SSSR count). The van der Waals surface area contributed by atoms with E-state index in [0.717, 1.165) is 5.56 Å². The summed E-state index contributed by atoms with van der Waals surface area (Å²) in [4.78, 5) is 12.6. The van der Waals surface area contributed by atoms with Gasteiger partial charge in [0.05, 0.1) is 38.2 Å². The minimum absolute atomic E-state index is 0.302. The Bertz CT molecular complexity index is 907. The molecule has 0 bridgehead atoms. The second-order valence-electron chi connectivity index (χ2n) is 5.65. The molecule has 0 fully saturated rings. The van der Waals surface area contributed by atoms with Crippen LogP contribution < -0.4 is 14.2 Å². The van der Waals surface area contributed by atoms with E-state index in [1.54, 1.807) is 44.3 Å². The molecule has 136 valence electrons. The molecule has 26 heavy (non-hydrogen) atoms. The van der Waals surface area contributed by atoms with Gasteiger partial charge in [-0.15, -0.1) is 0 Å². The van der Waals surface area contributed by atoms with Crippen LogP contribution in [0.3, 0.4) is 0 Å². The highest BCUT2D eigenvalue weighted by molar-refractivity contribution is 5.89. The molecule has 1 aromatic carbocycles. The van der Waals surface area contributed by atoms with Gasteiger partial charge in [0.15, 0.2) is 0 Å². The van der Waals surface area contributed by atoms with Gasteiger partial charge in [0, 0.05) is 13.1 Å². The van der Waals surface area contributed by atoms with Gasteiger partial charge in [-0.3, -0.25) is 4.68 Å². The van der Waals surface area contributed by atoms with Gasteiger partial charge in [-0.25, -0.2) is 9.48 Å². The van der Waals surface area contributed by atoms with Crippen LogP contribution in [0.4, 0.5) is 0 Å². The lowest BCUT2D eigenvalue weighted by Crippen LogP contribution is -2.18. The number of aromatic nitrogens is 4. The van der Waals surface area contributed by atoms with Gasteiger partial charge in [-0.1, -0.05) is 6.07 Å². The number of carbonyl (C=O) groups is 1. The Labute approximate surface area is 150 Å². The van der Waals surface area contributed by atoms with Crippen LogP contribution in [0, 0.1) is 6.92 Å². The fourth-order valence-corrected chi connectivity index (χ4v) is 2.67. The average molecular weight is 356 g/mol. The number of carbonyl (C=O) groups excluding carboxylic acids is 1. The molecule has 0 aliphatic heterocycles. The summed E-state index contributed by atoms with van der Waals surface area (Å²) in [5.74, 6) is 1.16. The molecule has 2 aromatic heterocycles. The molecular weight excluding hydrogens is 336 g/mol. The first-order chi connectivity index (χ1) is 12.5. The number of hydrogen-bond acceptors (Lipinski definition) is 6. The Hall–Kier alpha value is -3.29. The van der Waals surface area contributed by atoms with Crippen LogP contribution in [0.5, 0.6) is 17.4 Å². The number of ether oxygens (including phenoxy) is 3. The Balaban J connectivity index is 1.93. The van der Waals surface area contributed by atoms with Crippen molar-refractivity contribution < 1.29 is 19.0 Å². The summed E-state index contributed by atoms with van der Waals surface area (Å²) < 4.78 is 19.3. The van der Waals surface area contributed by atoms with Crippen molar-refractivity contribution in [3.05, 3.63) is 53.5 Å². The van der Waals surface area contributed by atoms with Crippen LogP contribution in [0.15, 0.2) is 36.5 Å². The summed E-state index contributed by atoms with van der Waals surface area (Å²) in [6, 6.07) is 8.81. The molecule has 0 amide bonds. The zero-order chi connectivity index (χ0) is 18.7. The number of esters is 1. The fraction of sp³-hybridized carbons (Fsp3) is 0.278. The summed E-state index contributed by atoms with van der Waals surface area (Å²) in [5, 5.41) is 8.40. The third-order valence-electron chi connectivity index (χ3n) is 3.92. The topological polar surface area (TPSA) is 80.4 Å². The molecule has 0 atom stereocenters. The largest absolute Gasteiger partial charge is 0.496 e. The maximum Gasteiger partial charge on any atom is 0.363 e. The third-order valence-corrected chi connectivity index (χ3v) is 3.92. The Kier molecular flexibility index (Phi) is 4.92. The van der Waals surface area contributed by atoms with Crippen molar-refractivity contribution in [2.24, 2.45) is 7.05 Å². The van der Waals surface area contributed by atoms with Crippen molar-refractivity contribution in [2.45, 2.75) is 13.5 Å². The van der Waals surface area contributed by atoms with E-state index in [9.17, 15) is 4.79 Å². The van der Waals surface area contributed by atoms with E-state index in [-0.39, 0.29) is 0 Å². The van der Waals surface area contributed by atoms with Crippen molar-refractivity contribution in [1.29, 1.82) is 0 Å². The smallest absolute Gasteiger partial charge is 0.363 e. The number of aryl methyl sites for hydroxylation is 2. The summed E-state index contributed by atoms with van der Waals surface area (Å²) in [7, 11) is 4.87. The van der Waals surface area contributed by atoms with E-state index in [4.69, 9.17) is 14.2 Å². The van der Waals surface area contributed by atoms with Gasteiger partial charge < -0.3 is 14.2 Å². The molecule has 0 saturated heterocycles. The quantitative estimate of drug-likeness (QED) is 0.630. The van der Waals surface area contributed by atoms with E-state index < -0.39 is 5.97 Å². The highest BCUT2D eigenvalue weighted by atomic mass is 16.5. The molecular formula is C18H20N4O4. The predicted molar refractivity (Wildman–Crippen MR) is 93.8 cm³/mol. The van der Waals surface area contributed by atoms with Crippen molar-refractivity contribution in [2.75, 3.05) is 14.2 Å². The van der Waals surface area contributed by atoms with Crippen molar-refractivity contribution in [3.63, 3.8) is 0 Å². The SMILES string of the molecule is COc1cccc(OC)c1Cn1nc(C)cc1C(=O)Oc1ccnn1C. The van der Waals surface area contributed by atoms with Crippen LogP contribution in [-0.2, 0) is 13.6 Å². The van der Waals surface area contributed by atoms with E-state index in [1.165, 1.54) is 4.68 Å². The number of hydrogen-bond donors (Lipinski definition) is 0. The number of nitrogens with zero attached hydrogens (tertiary/aromatic N) is 4. The standard InChI is InChI=1S/C18H20N4O4/c1-12-10-14(18(23)26-17-8-9-19-21(17)2)22(20-12)11-13-15(24-3)6-5-7-16(13)25-4/h5-10H,11H2,1-4H3. The molecule has 0 unspecified atom stereocenters. The molecule has 2 heterocycles. The van der Waals surface area contributed by atoms with E-state index in [0.29, 0.717) is 35.3 Å². The van der Waals surface area contributed by atoms with Crippen molar-refractivity contribution in [3.8, 4) is 17.4 Å². The zero-order valence-corrected chi connectivity index (χ0v) is 15.1. The van der Waals surface area contributed by atoms with Crippen molar-refractivity contribution in [1.82, 2.24) is 19.6 Å². The molecule has 3 aromatic rings. The Morgan fingerprint density at radius 2 is 1.85 bits per heavy atom. The number of rotatable bonds is 6. The molecule has 0 saturated carbocycles. The number of methoxy groups -OCH3 is 2. The van der Waals surface area contributed by atoms with Crippen LogP contribution in [-0.4, -0.2) is 39.7 Å². The third kappa shape index (κ3) is 3.39. The molecule has 8 heteroatoms. The summed E-state index contributed by atoms with van der Waals surface area (Å²) in [5.41, 5.74) is 1.82. The van der Waals surface area contributed by atoms with E-state index in [2.05, 4.69) is 10.2 Å². The molecule has 0 N–H and O–H groups in total. The first-order valence-corrected chi connectivity index (χ1v) is 7.98. The predicted octanol–water partition coefficient (Wildman–Crippen LogP) is 2.21. The second-order valence-corrected chi connectivity index (χ2v) is 5.65. The molecule has 0 aliphatic carbocycles. The lowest BCUT2D eigenvalue weighted by Gasteiger charge is -2.14. The average Bonchev–Trinajstić information content (AvgIpc) is 3.20. The van der Waals surface area contributed by atoms with Gasteiger partial charge in [-0.2, -0.15) is 10.2 Å². The number of benzene rings is 1. The monoisotopic (exact) mass is 356 g/mol. The molecule has 8 nitrogen and oxygen atoms in total. The maximum absolute atomic E-state index is 12.6. The van der Waals surface area contributed by atoms with E-state index >= 15 is 0 Å². The summed E-state index contributed by atoms with van der Waals surface area (Å²) >= 11 is 0. The normalized spacial score (nSPS) is 10.6. The second kappa shape index (κ2) is 7.30. The van der Waals surface area contributed by atoms with Crippen LogP contribution in [0.1, 0.15) is 21.7 Å². The molecule has 0 aliphatic rings. The highest BCUT2D eigenvalue weighted by Crippen LogP contribution is 2.29. The van der Waals surface area contributed by atoms with Crippen molar-refractivity contribution >= 4 is 5.97 Å². The lowest BCUT2D eigenvalue weighted by atomic mass is 10.1. The van der Waals surface area contributed by atoms with Crippen LogP contribution in [0.2, 0.25) is 0 Å². The summed E-state index contributed by atoms with van der Waals surface area (Å²) in [6.45, 7) is 2.12. The first-order valence-electron chi connectivity index (χ1n) is 7.98. The van der Waals surface area contributed by atoms with Gasteiger partial charge >= 0.3 is 5.97 Å². The Morgan fingerprint density at radius 3 is 2.42 bits per heavy atom. The Morgan fingerprint density at radius 1 is 1.15 bits per heavy atom. The van der Waals surface area contributed by atoms with Gasteiger partial charge in [-0.05, 0) is 25.1 Å². The van der Waals surface area contributed by atoms with E-state index in [1.807, 2.05) is 25.1 Å². The minimum Gasteiger partial charge on any atom is -0.496 e. The molecule has 0 spiro atoms. The highest BCUT2D eigenvalue weighted by Gasteiger charge is 2.20. The fourth-order valence-electron chi connectivity index (χ4n) is 2.67. The first kappa shape index (κ1) is 17.5. The van der Waals surface area contributed by atoms with Gasteiger partial charge in [0.25, 0.3) is 0 Å². The van der Waals surface area contributed by atoms with Gasteiger partial charge in [0.2, 0.25) is 5.88 Å². The van der Waals surface area contributed by atoms with Crippen LogP contribution in [0.25, 0.3) is 0 Å². The van der Waals surface area contributed by atoms with Gasteiger partial charge in [0.1, 0.15) is 17.2 Å². The van der Waals surface area contributed by atoms with Crippen LogP contribution >= 0.6 is 0 Å². The lowest BCUT2D eigenvalue weighted by molar-refractivity contribution is 0.0707. The maximum atomic E-state index is 12.6. The minimum atomic E-state index is -0.511. The zero-order valence-electron chi connectivity index (χ0n) is 15.1. The molecule has 0 radical (unpaired) electrons.